The summed E-state index contributed by atoms with van der Waals surface area (Å²) in [4.78, 5) is 29.9. The number of aryl methyl sites for hydroxylation is 1. The second-order valence-electron chi connectivity index (χ2n) is 7.21. The van der Waals surface area contributed by atoms with Crippen molar-refractivity contribution in [1.29, 1.82) is 0 Å². The highest BCUT2D eigenvalue weighted by Crippen LogP contribution is 2.22. The van der Waals surface area contributed by atoms with E-state index in [1.54, 1.807) is 4.90 Å². The Morgan fingerprint density at radius 3 is 2.78 bits per heavy atom. The first-order valence-electron chi connectivity index (χ1n) is 9.30. The van der Waals surface area contributed by atoms with Gasteiger partial charge < -0.3 is 15.2 Å². The van der Waals surface area contributed by atoms with Crippen molar-refractivity contribution < 1.29 is 9.59 Å². The van der Waals surface area contributed by atoms with Gasteiger partial charge in [-0.15, -0.1) is 0 Å². The number of hydrogen-bond acceptors (Lipinski definition) is 2. The lowest BCUT2D eigenvalue weighted by Crippen LogP contribution is -2.30. The van der Waals surface area contributed by atoms with Gasteiger partial charge in [-0.3, -0.25) is 9.59 Å². The van der Waals surface area contributed by atoms with Gasteiger partial charge in [0.2, 0.25) is 11.8 Å². The average Bonchev–Trinajstić information content (AvgIpc) is 3.25. The zero-order valence-corrected chi connectivity index (χ0v) is 15.4. The predicted octanol–water partition coefficient (Wildman–Crippen LogP) is 3.51. The van der Waals surface area contributed by atoms with Crippen molar-refractivity contribution in [2.45, 2.75) is 19.8 Å². The molecule has 138 valence electrons. The molecule has 5 nitrogen and oxygen atoms in total. The Bertz CT molecular complexity index is 975. The summed E-state index contributed by atoms with van der Waals surface area (Å²) in [6, 6.07) is 15.9. The number of amides is 2. The normalized spacial score (nSPS) is 16.9. The minimum absolute atomic E-state index is 0.0545. The van der Waals surface area contributed by atoms with Crippen LogP contribution >= 0.6 is 0 Å². The van der Waals surface area contributed by atoms with Crippen molar-refractivity contribution in [1.82, 2.24) is 9.88 Å². The van der Waals surface area contributed by atoms with Crippen molar-refractivity contribution >= 4 is 28.4 Å². The predicted molar refractivity (Wildman–Crippen MR) is 106 cm³/mol. The molecule has 0 aliphatic carbocycles. The highest BCUT2D eigenvalue weighted by Gasteiger charge is 2.34. The number of carbonyl (C=O) groups is 2. The van der Waals surface area contributed by atoms with E-state index in [1.165, 1.54) is 10.9 Å². The molecule has 1 fully saturated rings. The van der Waals surface area contributed by atoms with Crippen LogP contribution < -0.4 is 5.32 Å². The average molecular weight is 361 g/mol. The summed E-state index contributed by atoms with van der Waals surface area (Å²) in [6.45, 7) is 3.13. The van der Waals surface area contributed by atoms with E-state index in [4.69, 9.17) is 0 Å². The number of aromatic nitrogens is 1. The van der Waals surface area contributed by atoms with Crippen LogP contribution in [0.15, 0.2) is 54.7 Å². The fourth-order valence-electron chi connectivity index (χ4n) is 3.64. The summed E-state index contributed by atoms with van der Waals surface area (Å²) in [5.41, 5.74) is 4.23. The summed E-state index contributed by atoms with van der Waals surface area (Å²) >= 11 is 0. The molecule has 2 heterocycles. The van der Waals surface area contributed by atoms with E-state index in [1.807, 2.05) is 55.6 Å². The first-order valence-corrected chi connectivity index (χ1v) is 9.30. The molecule has 1 aliphatic rings. The number of nitrogens with zero attached hydrogens (tertiary/aromatic N) is 1. The van der Waals surface area contributed by atoms with Crippen molar-refractivity contribution in [2.75, 3.05) is 18.4 Å². The highest BCUT2D eigenvalue weighted by atomic mass is 16.2. The van der Waals surface area contributed by atoms with Gasteiger partial charge in [0.15, 0.2) is 0 Å². The molecule has 2 aromatic carbocycles. The van der Waals surface area contributed by atoms with Crippen LogP contribution in [0.1, 0.15) is 17.5 Å². The first kappa shape index (κ1) is 17.3. The quantitative estimate of drug-likeness (QED) is 0.730. The number of carbonyl (C=O) groups excluding carboxylic acids is 2. The van der Waals surface area contributed by atoms with Crippen LogP contribution in [0.25, 0.3) is 10.9 Å². The molecule has 4 rings (SSSR count). The molecule has 1 saturated heterocycles. The standard InChI is InChI=1S/C22H23N3O2/c1-15-6-8-18(9-7-15)24-22(27)17-12-21(26)25(14-17)11-10-16-13-23-20-5-3-2-4-19(16)20/h2-9,13,17,23H,10-12,14H2,1H3,(H,24,27). The number of likely N-dealkylation sites (tertiary alicyclic amines) is 1. The van der Waals surface area contributed by atoms with Crippen LogP contribution in [0.3, 0.4) is 0 Å². The number of para-hydroxylation sites is 1. The van der Waals surface area contributed by atoms with E-state index in [2.05, 4.69) is 16.4 Å². The number of anilines is 1. The minimum atomic E-state index is -0.290. The van der Waals surface area contributed by atoms with E-state index in [-0.39, 0.29) is 24.2 Å². The maximum absolute atomic E-state index is 12.5. The molecule has 27 heavy (non-hydrogen) atoms. The molecular weight excluding hydrogens is 338 g/mol. The lowest BCUT2D eigenvalue weighted by atomic mass is 10.1. The van der Waals surface area contributed by atoms with Gasteiger partial charge in [-0.05, 0) is 37.1 Å². The number of benzene rings is 2. The fourth-order valence-corrected chi connectivity index (χ4v) is 3.64. The molecule has 2 N–H and O–H groups in total. The zero-order chi connectivity index (χ0) is 18.8. The summed E-state index contributed by atoms with van der Waals surface area (Å²) in [5.74, 6) is -0.317. The molecule has 2 amide bonds. The lowest BCUT2D eigenvalue weighted by Gasteiger charge is -2.16. The van der Waals surface area contributed by atoms with Gasteiger partial charge in [-0.2, -0.15) is 0 Å². The van der Waals surface area contributed by atoms with Crippen molar-refractivity contribution in [3.05, 3.63) is 65.9 Å². The fraction of sp³-hybridized carbons (Fsp3) is 0.273. The molecule has 3 aromatic rings. The lowest BCUT2D eigenvalue weighted by molar-refractivity contribution is -0.128. The highest BCUT2D eigenvalue weighted by molar-refractivity contribution is 5.97. The number of rotatable bonds is 5. The van der Waals surface area contributed by atoms with Gasteiger partial charge in [-0.25, -0.2) is 0 Å². The Balaban J connectivity index is 1.36. The summed E-state index contributed by atoms with van der Waals surface area (Å²) in [7, 11) is 0. The molecule has 5 heteroatoms. The van der Waals surface area contributed by atoms with Crippen LogP contribution in [0.2, 0.25) is 0 Å². The largest absolute Gasteiger partial charge is 0.361 e. The molecular formula is C22H23N3O2. The van der Waals surface area contributed by atoms with Crippen molar-refractivity contribution in [3.8, 4) is 0 Å². The maximum Gasteiger partial charge on any atom is 0.229 e. The van der Waals surface area contributed by atoms with Gasteiger partial charge in [0.1, 0.15) is 0 Å². The Morgan fingerprint density at radius 2 is 1.96 bits per heavy atom. The molecule has 0 saturated carbocycles. The van der Waals surface area contributed by atoms with Crippen LogP contribution in [0.4, 0.5) is 5.69 Å². The molecule has 0 bridgehead atoms. The number of aromatic amines is 1. The van der Waals surface area contributed by atoms with E-state index in [9.17, 15) is 9.59 Å². The van der Waals surface area contributed by atoms with Gasteiger partial charge in [0, 0.05) is 42.3 Å². The van der Waals surface area contributed by atoms with E-state index < -0.39 is 0 Å². The van der Waals surface area contributed by atoms with Crippen LogP contribution in [-0.2, 0) is 16.0 Å². The number of H-pyrrole nitrogens is 1. The maximum atomic E-state index is 12.5. The number of nitrogens with one attached hydrogen (secondary N) is 2. The number of fused-ring (bicyclic) bond motifs is 1. The monoisotopic (exact) mass is 361 g/mol. The third-order valence-corrected chi connectivity index (χ3v) is 5.23. The molecule has 0 radical (unpaired) electrons. The Hall–Kier alpha value is -3.08. The van der Waals surface area contributed by atoms with Crippen LogP contribution in [-0.4, -0.2) is 34.8 Å². The SMILES string of the molecule is Cc1ccc(NC(=O)C2CC(=O)N(CCc3c[nH]c4ccccc34)C2)cc1. The first-order chi connectivity index (χ1) is 13.1. The third kappa shape index (κ3) is 3.72. The molecule has 0 spiro atoms. The Morgan fingerprint density at radius 1 is 1.19 bits per heavy atom. The van der Waals surface area contributed by atoms with Crippen LogP contribution in [0, 0.1) is 12.8 Å². The number of hydrogen-bond donors (Lipinski definition) is 2. The minimum Gasteiger partial charge on any atom is -0.361 e. The molecule has 1 aromatic heterocycles. The molecule has 1 unspecified atom stereocenters. The van der Waals surface area contributed by atoms with Gasteiger partial charge in [-0.1, -0.05) is 35.9 Å². The smallest absolute Gasteiger partial charge is 0.229 e. The summed E-state index contributed by atoms with van der Waals surface area (Å²) in [5, 5.41) is 4.12. The molecule has 1 aliphatic heterocycles. The third-order valence-electron chi connectivity index (χ3n) is 5.23. The second kappa shape index (κ2) is 7.27. The summed E-state index contributed by atoms with van der Waals surface area (Å²) in [6.07, 6.45) is 3.07. The Kier molecular flexibility index (Phi) is 4.67. The van der Waals surface area contributed by atoms with Gasteiger partial charge >= 0.3 is 0 Å². The van der Waals surface area contributed by atoms with E-state index in [0.717, 1.165) is 23.2 Å². The van der Waals surface area contributed by atoms with Crippen molar-refractivity contribution in [3.63, 3.8) is 0 Å². The van der Waals surface area contributed by atoms with Crippen LogP contribution in [0.5, 0.6) is 0 Å². The van der Waals surface area contributed by atoms with Gasteiger partial charge in [0.25, 0.3) is 0 Å². The Labute approximate surface area is 158 Å². The van der Waals surface area contributed by atoms with Gasteiger partial charge in [0.05, 0.1) is 5.92 Å². The van der Waals surface area contributed by atoms with E-state index in [0.29, 0.717) is 13.1 Å². The zero-order valence-electron chi connectivity index (χ0n) is 15.4. The second-order valence-corrected chi connectivity index (χ2v) is 7.21. The van der Waals surface area contributed by atoms with Crippen molar-refractivity contribution in [2.24, 2.45) is 5.92 Å². The molecule has 1 atom stereocenters. The summed E-state index contributed by atoms with van der Waals surface area (Å²) < 4.78 is 0. The topological polar surface area (TPSA) is 65.2 Å². The van der Waals surface area contributed by atoms with E-state index >= 15 is 0 Å².